The minimum Gasteiger partial charge on any atom is -0.396 e. The molecule has 0 spiro atoms. The quantitative estimate of drug-likeness (QED) is 0.190. The Morgan fingerprint density at radius 1 is 1.35 bits per heavy atom. The van der Waals surface area contributed by atoms with Crippen LogP contribution in [0.15, 0.2) is 23.3 Å². The van der Waals surface area contributed by atoms with Crippen LogP contribution in [0.2, 0.25) is 0 Å². The number of anilines is 1. The van der Waals surface area contributed by atoms with Crippen molar-refractivity contribution in [1.29, 1.82) is 0 Å². The first-order chi connectivity index (χ1) is 16.0. The lowest BCUT2D eigenvalue weighted by atomic mass is 9.87. The zero-order chi connectivity index (χ0) is 25.0. The summed E-state index contributed by atoms with van der Waals surface area (Å²) >= 11 is 0. The molecule has 5 atom stereocenters. The fourth-order valence-electron chi connectivity index (χ4n) is 3.48. The number of amides is 1. The van der Waals surface area contributed by atoms with Crippen LogP contribution in [-0.4, -0.2) is 88.4 Å². The molecular formula is C20H31N7O7. The van der Waals surface area contributed by atoms with Gasteiger partial charge in [0.1, 0.15) is 30.2 Å². The van der Waals surface area contributed by atoms with E-state index >= 15 is 0 Å². The molecule has 1 amide bonds. The van der Waals surface area contributed by atoms with Crippen LogP contribution in [0.3, 0.4) is 0 Å². The van der Waals surface area contributed by atoms with Crippen LogP contribution in [0.25, 0.3) is 0 Å². The maximum absolute atomic E-state index is 12.0. The van der Waals surface area contributed by atoms with E-state index in [9.17, 15) is 30.0 Å². The van der Waals surface area contributed by atoms with Crippen LogP contribution in [0.4, 0.5) is 5.82 Å². The van der Waals surface area contributed by atoms with Crippen LogP contribution in [-0.2, 0) is 22.5 Å². The Labute approximate surface area is 195 Å². The molecule has 34 heavy (non-hydrogen) atoms. The lowest BCUT2D eigenvalue weighted by Crippen LogP contribution is -2.45. The predicted molar refractivity (Wildman–Crippen MR) is 117 cm³/mol. The van der Waals surface area contributed by atoms with Gasteiger partial charge in [-0.25, -0.2) is 9.48 Å². The van der Waals surface area contributed by atoms with E-state index in [1.54, 1.807) is 20.0 Å². The minimum atomic E-state index is -1.36. The third-order valence-electron chi connectivity index (χ3n) is 5.72. The van der Waals surface area contributed by atoms with Crippen molar-refractivity contribution in [1.82, 2.24) is 29.9 Å². The molecule has 188 valence electrons. The number of nitrogens with two attached hydrogens (primary N) is 1. The van der Waals surface area contributed by atoms with Gasteiger partial charge in [-0.3, -0.25) is 9.36 Å². The first kappa shape index (κ1) is 25.7. The highest BCUT2D eigenvalue weighted by Crippen LogP contribution is 2.29. The van der Waals surface area contributed by atoms with Crippen molar-refractivity contribution < 1.29 is 30.0 Å². The van der Waals surface area contributed by atoms with Gasteiger partial charge in [-0.1, -0.05) is 19.1 Å². The number of aryl methyl sites for hydroxylation is 1. The van der Waals surface area contributed by atoms with Crippen LogP contribution >= 0.6 is 0 Å². The molecule has 1 aliphatic rings. The number of aromatic nitrogens is 5. The number of nitrogen functional groups attached to an aromatic ring is 1. The smallest absolute Gasteiger partial charge is 0.351 e. The molecule has 14 nitrogen and oxygen atoms in total. The van der Waals surface area contributed by atoms with E-state index in [2.05, 4.69) is 20.6 Å². The van der Waals surface area contributed by atoms with Crippen LogP contribution < -0.4 is 16.7 Å². The molecule has 3 rings (SSSR count). The number of carbonyl (C=O) groups excluding carboxylic acids is 1. The zero-order valence-electron chi connectivity index (χ0n) is 19.0. The van der Waals surface area contributed by atoms with Crippen LogP contribution in [0, 0.1) is 5.41 Å². The Hall–Kier alpha value is -2.91. The van der Waals surface area contributed by atoms with E-state index in [0.29, 0.717) is 25.1 Å². The molecule has 1 fully saturated rings. The number of carbonyl (C=O) groups is 1. The Kier molecular flexibility index (Phi) is 7.99. The van der Waals surface area contributed by atoms with Gasteiger partial charge in [0.25, 0.3) is 0 Å². The van der Waals surface area contributed by atoms with Crippen molar-refractivity contribution in [2.45, 2.75) is 63.9 Å². The molecule has 14 heteroatoms. The maximum Gasteiger partial charge on any atom is 0.351 e. The highest BCUT2D eigenvalue weighted by atomic mass is 16.6. The molecule has 7 N–H and O–H groups in total. The summed E-state index contributed by atoms with van der Waals surface area (Å²) in [6.45, 7) is 3.24. The summed E-state index contributed by atoms with van der Waals surface area (Å²) < 4.78 is 8.21. The molecule has 0 saturated carbocycles. The van der Waals surface area contributed by atoms with Gasteiger partial charge < -0.3 is 36.2 Å². The number of aliphatic hydroxyl groups excluding tert-OH is 4. The summed E-state index contributed by atoms with van der Waals surface area (Å²) in [4.78, 5) is 27.6. The average Bonchev–Trinajstić information content (AvgIpc) is 3.35. The molecule has 3 heterocycles. The second kappa shape index (κ2) is 10.6. The molecule has 2 aromatic heterocycles. The Morgan fingerprint density at radius 2 is 2.09 bits per heavy atom. The molecule has 0 aromatic carbocycles. The molecule has 1 aliphatic heterocycles. The lowest BCUT2D eigenvalue weighted by molar-refractivity contribution is -0.137. The molecule has 2 aromatic rings. The number of nitrogens with one attached hydrogen (secondary N) is 1. The average molecular weight is 482 g/mol. The van der Waals surface area contributed by atoms with E-state index in [1.807, 2.05) is 0 Å². The van der Waals surface area contributed by atoms with Crippen molar-refractivity contribution >= 4 is 11.7 Å². The summed E-state index contributed by atoms with van der Waals surface area (Å²) in [7, 11) is 0. The van der Waals surface area contributed by atoms with Gasteiger partial charge in [-0.05, 0) is 18.9 Å². The largest absolute Gasteiger partial charge is 0.396 e. The predicted octanol–water partition coefficient (Wildman–Crippen LogP) is -2.84. The van der Waals surface area contributed by atoms with Crippen molar-refractivity contribution in [2.24, 2.45) is 5.41 Å². The highest BCUT2D eigenvalue weighted by molar-refractivity contribution is 5.81. The van der Waals surface area contributed by atoms with E-state index in [1.165, 1.54) is 16.9 Å². The summed E-state index contributed by atoms with van der Waals surface area (Å²) in [6.07, 6.45) is -1.91. The van der Waals surface area contributed by atoms with Gasteiger partial charge in [0.2, 0.25) is 5.91 Å². The molecule has 0 radical (unpaired) electrons. The number of aliphatic hydroxyl groups is 4. The molecular weight excluding hydrogens is 450 g/mol. The van der Waals surface area contributed by atoms with E-state index < -0.39 is 47.7 Å². The summed E-state index contributed by atoms with van der Waals surface area (Å²) in [5, 5.41) is 50.6. The zero-order valence-corrected chi connectivity index (χ0v) is 19.0. The fraction of sp³-hybridized carbons (Fsp3) is 0.650. The Balaban J connectivity index is 1.50. The van der Waals surface area contributed by atoms with Gasteiger partial charge >= 0.3 is 5.69 Å². The van der Waals surface area contributed by atoms with Crippen molar-refractivity contribution in [3.63, 3.8) is 0 Å². The van der Waals surface area contributed by atoms with Crippen LogP contribution in [0.5, 0.6) is 0 Å². The van der Waals surface area contributed by atoms with Gasteiger partial charge in [0.15, 0.2) is 6.23 Å². The number of ether oxygens (including phenoxy) is 1. The molecule has 0 unspecified atom stereocenters. The van der Waals surface area contributed by atoms with Gasteiger partial charge in [-0.15, -0.1) is 5.10 Å². The normalized spacial score (nSPS) is 23.7. The topological polar surface area (TPSA) is 211 Å². The maximum atomic E-state index is 12.0. The number of rotatable bonds is 10. The second-order valence-corrected chi connectivity index (χ2v) is 8.96. The first-order valence-corrected chi connectivity index (χ1v) is 10.9. The van der Waals surface area contributed by atoms with Crippen molar-refractivity contribution in [3.05, 3.63) is 34.6 Å². The van der Waals surface area contributed by atoms with Crippen molar-refractivity contribution in [3.8, 4) is 0 Å². The number of hydrogen-bond donors (Lipinski definition) is 6. The van der Waals surface area contributed by atoms with E-state index in [-0.39, 0.29) is 19.0 Å². The highest BCUT2D eigenvalue weighted by Gasteiger charge is 2.44. The number of nitrogens with zero attached hydrogens (tertiary/aromatic N) is 5. The third kappa shape index (κ3) is 5.77. The molecule has 0 bridgehead atoms. The second-order valence-electron chi connectivity index (χ2n) is 8.96. The minimum absolute atomic E-state index is 0.0331. The van der Waals surface area contributed by atoms with E-state index in [0.717, 1.165) is 4.57 Å². The lowest BCUT2D eigenvalue weighted by Gasteiger charge is -2.27. The van der Waals surface area contributed by atoms with Gasteiger partial charge in [0.05, 0.1) is 18.8 Å². The first-order valence-electron chi connectivity index (χ1n) is 10.9. The summed E-state index contributed by atoms with van der Waals surface area (Å²) in [5.74, 6) is -0.524. The SMILES string of the molecule is CC(C)(CO)[C@H](O)C(=O)NCCCc1cn(C[C@H]2O[C@@H](n3ccc(N)nc3=O)[C@H](O)[C@@H]2O)nn1. The van der Waals surface area contributed by atoms with Gasteiger partial charge in [0, 0.05) is 24.4 Å². The monoisotopic (exact) mass is 481 g/mol. The number of hydrogen-bond acceptors (Lipinski definition) is 11. The Bertz CT molecular complexity index is 1040. The fourth-order valence-corrected chi connectivity index (χ4v) is 3.48. The summed E-state index contributed by atoms with van der Waals surface area (Å²) in [6, 6.07) is 1.39. The van der Waals surface area contributed by atoms with Crippen molar-refractivity contribution in [2.75, 3.05) is 18.9 Å². The van der Waals surface area contributed by atoms with E-state index in [4.69, 9.17) is 10.5 Å². The summed E-state index contributed by atoms with van der Waals surface area (Å²) in [5.41, 5.74) is 4.46. The molecule has 1 saturated heterocycles. The standard InChI is InChI=1S/C20H31N7O7/c1-20(2,10-28)16(31)17(32)22-6-3-4-11-8-26(25-24-11)9-12-14(29)15(30)18(34-12)27-7-5-13(21)23-19(27)33/h5,7-8,12,14-16,18,28-31H,3-4,6,9-10H2,1-2H3,(H,22,32)(H2,21,23,33)/t12-,14-,15-,16-,18-/m1/s1. The Morgan fingerprint density at radius 3 is 2.76 bits per heavy atom. The van der Waals surface area contributed by atoms with Crippen LogP contribution in [0.1, 0.15) is 32.2 Å². The third-order valence-corrected chi connectivity index (χ3v) is 5.72. The molecule has 0 aliphatic carbocycles. The van der Waals surface area contributed by atoms with Gasteiger partial charge in [-0.2, -0.15) is 4.98 Å².